The van der Waals surface area contributed by atoms with Crippen LogP contribution in [-0.4, -0.2) is 50.0 Å². The molecule has 0 bridgehead atoms. The summed E-state index contributed by atoms with van der Waals surface area (Å²) in [6.45, 7) is 8.59. The smallest absolute Gasteiger partial charge is 0.220 e. The zero-order valence-corrected chi connectivity index (χ0v) is 19.1. The van der Waals surface area contributed by atoms with E-state index in [0.717, 1.165) is 62.7 Å². The predicted molar refractivity (Wildman–Crippen MR) is 118 cm³/mol. The van der Waals surface area contributed by atoms with Crippen molar-refractivity contribution >= 4 is 35.8 Å². The Morgan fingerprint density at radius 2 is 2.08 bits per heavy atom. The molecule has 6 heteroatoms. The Labute approximate surface area is 176 Å². The van der Waals surface area contributed by atoms with Gasteiger partial charge in [0.1, 0.15) is 0 Å². The molecule has 2 saturated heterocycles. The normalized spacial score (nSPS) is 32.5. The molecule has 2 heterocycles. The lowest BCUT2D eigenvalue weighted by atomic mass is 9.77. The maximum Gasteiger partial charge on any atom is 0.220 e. The van der Waals surface area contributed by atoms with Crippen molar-refractivity contribution in [2.24, 2.45) is 28.2 Å². The topological polar surface area (TPSA) is 56.7 Å². The van der Waals surface area contributed by atoms with E-state index in [1.54, 1.807) is 0 Å². The van der Waals surface area contributed by atoms with Crippen LogP contribution in [-0.2, 0) is 4.79 Å². The Kier molecular flexibility index (Phi) is 8.04. The van der Waals surface area contributed by atoms with E-state index in [2.05, 4.69) is 34.4 Å². The maximum atomic E-state index is 11.7. The number of nitrogens with zero attached hydrogens (tertiary/aromatic N) is 2. The molecule has 150 valence electrons. The molecule has 1 amide bonds. The summed E-state index contributed by atoms with van der Waals surface area (Å²) < 4.78 is 0. The van der Waals surface area contributed by atoms with Gasteiger partial charge < -0.3 is 15.5 Å². The van der Waals surface area contributed by atoms with Crippen LogP contribution in [0.25, 0.3) is 0 Å². The van der Waals surface area contributed by atoms with Gasteiger partial charge in [-0.2, -0.15) is 0 Å². The van der Waals surface area contributed by atoms with Gasteiger partial charge in [0, 0.05) is 45.1 Å². The number of aliphatic imine (C=N–C) groups is 1. The summed E-state index contributed by atoms with van der Waals surface area (Å²) in [6.07, 6.45) is 8.42. The van der Waals surface area contributed by atoms with Crippen LogP contribution in [0.1, 0.15) is 58.8 Å². The first-order chi connectivity index (χ1) is 12.0. The van der Waals surface area contributed by atoms with Gasteiger partial charge in [-0.1, -0.05) is 13.8 Å². The van der Waals surface area contributed by atoms with Crippen LogP contribution in [0.2, 0.25) is 0 Å². The van der Waals surface area contributed by atoms with Crippen molar-refractivity contribution in [2.75, 3.05) is 33.2 Å². The van der Waals surface area contributed by atoms with Crippen molar-refractivity contribution in [1.82, 2.24) is 15.5 Å². The number of carbonyl (C=O) groups excluding carboxylic acids is 1. The molecule has 1 spiro atoms. The summed E-state index contributed by atoms with van der Waals surface area (Å²) in [6, 6.07) is 0. The zero-order chi connectivity index (χ0) is 17.9. The summed E-state index contributed by atoms with van der Waals surface area (Å²) >= 11 is 0. The van der Waals surface area contributed by atoms with Crippen molar-refractivity contribution < 1.29 is 4.79 Å². The minimum absolute atomic E-state index is 0. The Balaban J connectivity index is 0.00000243. The first-order valence-corrected chi connectivity index (χ1v) is 10.2. The molecule has 3 fully saturated rings. The van der Waals surface area contributed by atoms with Crippen LogP contribution >= 0.6 is 24.0 Å². The number of nitrogens with one attached hydrogen (secondary N) is 2. The number of likely N-dealkylation sites (tertiary alicyclic amines) is 1. The second-order valence-electron chi connectivity index (χ2n) is 8.93. The van der Waals surface area contributed by atoms with Gasteiger partial charge in [0.05, 0.1) is 0 Å². The highest BCUT2D eigenvalue weighted by atomic mass is 127. The molecule has 2 N–H and O–H groups in total. The number of carbonyl (C=O) groups is 1. The summed E-state index contributed by atoms with van der Waals surface area (Å²) in [5.41, 5.74) is 0.127. The maximum absolute atomic E-state index is 11.7. The number of piperidine rings is 1. The number of amides is 1. The Morgan fingerprint density at radius 3 is 2.65 bits per heavy atom. The lowest BCUT2D eigenvalue weighted by molar-refractivity contribution is -0.119. The minimum atomic E-state index is 0. The largest absolute Gasteiger partial charge is 0.356 e. The lowest BCUT2D eigenvalue weighted by Crippen LogP contribution is -2.52. The summed E-state index contributed by atoms with van der Waals surface area (Å²) in [7, 11) is 1.89. The minimum Gasteiger partial charge on any atom is -0.356 e. The first kappa shape index (κ1) is 21.8. The number of guanidine groups is 1. The van der Waals surface area contributed by atoms with Crippen molar-refractivity contribution in [1.29, 1.82) is 0 Å². The molecule has 0 aromatic heterocycles. The average molecular weight is 476 g/mol. The molecule has 3 rings (SSSR count). The molecule has 1 atom stereocenters. The van der Waals surface area contributed by atoms with Crippen LogP contribution in [0.4, 0.5) is 0 Å². The molecule has 3 aliphatic rings. The Morgan fingerprint density at radius 1 is 1.35 bits per heavy atom. The van der Waals surface area contributed by atoms with Gasteiger partial charge >= 0.3 is 0 Å². The summed E-state index contributed by atoms with van der Waals surface area (Å²) in [5.74, 6) is 3.77. The molecule has 0 aromatic carbocycles. The van der Waals surface area contributed by atoms with Crippen LogP contribution in [0.15, 0.2) is 4.99 Å². The molecule has 1 aliphatic carbocycles. The molecule has 5 nitrogen and oxygen atoms in total. The van der Waals surface area contributed by atoms with Gasteiger partial charge in [0.15, 0.2) is 5.96 Å². The average Bonchev–Trinajstić information content (AvgIpc) is 2.96. The number of rotatable bonds is 3. The second-order valence-corrected chi connectivity index (χ2v) is 8.93. The van der Waals surface area contributed by atoms with E-state index >= 15 is 0 Å². The van der Waals surface area contributed by atoms with E-state index in [9.17, 15) is 4.79 Å². The second kappa shape index (κ2) is 9.60. The highest BCUT2D eigenvalue weighted by Gasteiger charge is 2.42. The van der Waals surface area contributed by atoms with Crippen LogP contribution in [0.3, 0.4) is 0 Å². The molecular formula is C20H37IN4O. The number of hydrogen-bond acceptors (Lipinski definition) is 2. The van der Waals surface area contributed by atoms with E-state index < -0.39 is 0 Å². The third-order valence-corrected chi connectivity index (χ3v) is 6.75. The van der Waals surface area contributed by atoms with E-state index in [-0.39, 0.29) is 35.3 Å². The molecular weight excluding hydrogens is 439 g/mol. The third-order valence-electron chi connectivity index (χ3n) is 6.75. The first-order valence-electron chi connectivity index (χ1n) is 10.2. The van der Waals surface area contributed by atoms with Gasteiger partial charge in [-0.15, -0.1) is 24.0 Å². The van der Waals surface area contributed by atoms with Crippen LogP contribution < -0.4 is 10.6 Å². The van der Waals surface area contributed by atoms with E-state index in [1.165, 1.54) is 25.7 Å². The standard InChI is InChI=1S/C20H36N4O.HI/c1-15(2)17-7-5-16(6-8-17)12-22-19(21-3)24-10-4-9-20(14-24)11-18(25)23-13-20;/h15-17H,4-14H2,1-3H3,(H,21,22)(H,23,25);1H. The van der Waals surface area contributed by atoms with Crippen molar-refractivity contribution in [2.45, 2.75) is 58.8 Å². The van der Waals surface area contributed by atoms with E-state index in [0.29, 0.717) is 6.42 Å². The van der Waals surface area contributed by atoms with Crippen molar-refractivity contribution in [3.63, 3.8) is 0 Å². The molecule has 0 radical (unpaired) electrons. The lowest BCUT2D eigenvalue weighted by Gasteiger charge is -2.41. The molecule has 1 saturated carbocycles. The highest BCUT2D eigenvalue weighted by molar-refractivity contribution is 14.0. The Bertz CT molecular complexity index is 502. The van der Waals surface area contributed by atoms with Crippen LogP contribution in [0, 0.1) is 23.2 Å². The monoisotopic (exact) mass is 476 g/mol. The zero-order valence-electron chi connectivity index (χ0n) is 16.7. The quantitative estimate of drug-likeness (QED) is 0.374. The van der Waals surface area contributed by atoms with Gasteiger partial charge in [-0.25, -0.2) is 0 Å². The molecule has 2 aliphatic heterocycles. The fourth-order valence-electron chi connectivity index (χ4n) is 5.06. The SMILES string of the molecule is CN=C(NCC1CCC(C(C)C)CC1)N1CCCC2(CNC(=O)C2)C1.I. The third kappa shape index (κ3) is 5.26. The molecule has 0 aromatic rings. The van der Waals surface area contributed by atoms with E-state index in [1.807, 2.05) is 7.05 Å². The fourth-order valence-corrected chi connectivity index (χ4v) is 5.06. The van der Waals surface area contributed by atoms with Crippen molar-refractivity contribution in [3.8, 4) is 0 Å². The highest BCUT2D eigenvalue weighted by Crippen LogP contribution is 2.36. The summed E-state index contributed by atoms with van der Waals surface area (Å²) in [4.78, 5) is 18.6. The number of halogens is 1. The van der Waals surface area contributed by atoms with Gasteiger partial charge in [-0.05, 0) is 56.3 Å². The van der Waals surface area contributed by atoms with Crippen molar-refractivity contribution in [3.05, 3.63) is 0 Å². The van der Waals surface area contributed by atoms with Gasteiger partial charge in [-0.3, -0.25) is 9.79 Å². The summed E-state index contributed by atoms with van der Waals surface area (Å²) in [5, 5.41) is 6.67. The van der Waals surface area contributed by atoms with Crippen LogP contribution in [0.5, 0.6) is 0 Å². The number of hydrogen-bond donors (Lipinski definition) is 2. The van der Waals surface area contributed by atoms with Gasteiger partial charge in [0.25, 0.3) is 0 Å². The van der Waals surface area contributed by atoms with Gasteiger partial charge in [0.2, 0.25) is 5.91 Å². The molecule has 26 heavy (non-hydrogen) atoms. The molecule has 1 unspecified atom stereocenters. The fraction of sp³-hybridized carbons (Fsp3) is 0.900. The predicted octanol–water partition coefficient (Wildman–Crippen LogP) is 3.24. The van der Waals surface area contributed by atoms with E-state index in [4.69, 9.17) is 0 Å². The Hall–Kier alpha value is -0.530.